The van der Waals surface area contributed by atoms with Gasteiger partial charge in [-0.2, -0.15) is 4.31 Å². The minimum absolute atomic E-state index is 0.0480. The van der Waals surface area contributed by atoms with Gasteiger partial charge < -0.3 is 0 Å². The number of nitrogens with zero attached hydrogens (tertiary/aromatic N) is 1. The predicted octanol–water partition coefficient (Wildman–Crippen LogP) is 5.42. The van der Waals surface area contributed by atoms with Crippen LogP contribution in [0.2, 0.25) is 0 Å². The average Bonchev–Trinajstić information content (AvgIpc) is 2.75. The SMILES string of the molecule is Cc1ccc(S(=O)(=O)N2CC=C(c3ccccc3)C[C@H]2C2CCCCC2)cc1. The van der Waals surface area contributed by atoms with Gasteiger partial charge in [-0.05, 0) is 55.4 Å². The molecular formula is C24H29NO2S. The smallest absolute Gasteiger partial charge is 0.207 e. The number of aryl methyl sites for hydroxylation is 1. The lowest BCUT2D eigenvalue weighted by Crippen LogP contribution is -2.47. The summed E-state index contributed by atoms with van der Waals surface area (Å²) in [6.07, 6.45) is 8.88. The van der Waals surface area contributed by atoms with E-state index in [4.69, 9.17) is 0 Å². The fourth-order valence-corrected chi connectivity index (χ4v) is 6.30. The summed E-state index contributed by atoms with van der Waals surface area (Å²) in [5, 5.41) is 0. The molecule has 28 heavy (non-hydrogen) atoms. The number of hydrogen-bond donors (Lipinski definition) is 0. The van der Waals surface area contributed by atoms with Crippen LogP contribution >= 0.6 is 0 Å². The molecule has 0 saturated heterocycles. The standard InChI is InChI=1S/C24H29NO2S/c1-19-12-14-23(15-13-19)28(26,27)25-17-16-22(20-8-4-2-5-9-20)18-24(25)21-10-6-3-7-11-21/h2,4-5,8-9,12-16,21,24H,3,6-7,10-11,17-18H2,1H3/t24-/m0/s1. The predicted molar refractivity (Wildman–Crippen MR) is 114 cm³/mol. The highest BCUT2D eigenvalue weighted by molar-refractivity contribution is 7.89. The Morgan fingerprint density at radius 1 is 0.893 bits per heavy atom. The van der Waals surface area contributed by atoms with Crippen LogP contribution < -0.4 is 0 Å². The third-order valence-corrected chi connectivity index (χ3v) is 8.19. The normalized spacial score (nSPS) is 22.0. The largest absolute Gasteiger partial charge is 0.243 e. The van der Waals surface area contributed by atoms with E-state index in [0.29, 0.717) is 17.4 Å². The highest BCUT2D eigenvalue weighted by Crippen LogP contribution is 2.38. The molecule has 0 unspecified atom stereocenters. The van der Waals surface area contributed by atoms with E-state index in [1.807, 2.05) is 25.1 Å². The summed E-state index contributed by atoms with van der Waals surface area (Å²) in [5.74, 6) is 0.446. The van der Waals surface area contributed by atoms with Gasteiger partial charge in [-0.3, -0.25) is 0 Å². The Morgan fingerprint density at radius 3 is 2.25 bits per heavy atom. The first kappa shape index (κ1) is 19.4. The van der Waals surface area contributed by atoms with Gasteiger partial charge in [0.15, 0.2) is 0 Å². The third kappa shape index (κ3) is 3.94. The Labute approximate surface area is 169 Å². The molecule has 0 amide bonds. The fraction of sp³-hybridized carbons (Fsp3) is 0.417. The molecule has 1 saturated carbocycles. The lowest BCUT2D eigenvalue weighted by atomic mass is 9.79. The average molecular weight is 396 g/mol. The van der Waals surface area contributed by atoms with E-state index in [9.17, 15) is 8.42 Å². The van der Waals surface area contributed by atoms with Gasteiger partial charge in [0.05, 0.1) is 4.90 Å². The van der Waals surface area contributed by atoms with Crippen LogP contribution in [0.15, 0.2) is 65.6 Å². The molecule has 1 heterocycles. The molecule has 2 aliphatic rings. The van der Waals surface area contributed by atoms with Gasteiger partial charge in [0.1, 0.15) is 0 Å². The third-order valence-electron chi connectivity index (χ3n) is 6.28. The minimum Gasteiger partial charge on any atom is -0.207 e. The molecule has 1 fully saturated rings. The van der Waals surface area contributed by atoms with Gasteiger partial charge in [-0.25, -0.2) is 8.42 Å². The lowest BCUT2D eigenvalue weighted by Gasteiger charge is -2.40. The van der Waals surface area contributed by atoms with E-state index < -0.39 is 10.0 Å². The topological polar surface area (TPSA) is 37.4 Å². The van der Waals surface area contributed by atoms with Crippen LogP contribution in [0.5, 0.6) is 0 Å². The van der Waals surface area contributed by atoms with Gasteiger partial charge in [-0.1, -0.05) is 73.4 Å². The summed E-state index contributed by atoms with van der Waals surface area (Å²) in [4.78, 5) is 0.412. The zero-order chi connectivity index (χ0) is 19.6. The lowest BCUT2D eigenvalue weighted by molar-refractivity contribution is 0.199. The van der Waals surface area contributed by atoms with Crippen molar-refractivity contribution in [3.8, 4) is 0 Å². The van der Waals surface area contributed by atoms with Gasteiger partial charge >= 0.3 is 0 Å². The molecule has 0 aromatic heterocycles. The Kier molecular flexibility index (Phi) is 5.70. The van der Waals surface area contributed by atoms with Gasteiger partial charge in [0, 0.05) is 12.6 Å². The monoisotopic (exact) mass is 395 g/mol. The van der Waals surface area contributed by atoms with Gasteiger partial charge in [0.25, 0.3) is 0 Å². The van der Waals surface area contributed by atoms with Gasteiger partial charge in [-0.15, -0.1) is 0 Å². The summed E-state index contributed by atoms with van der Waals surface area (Å²) < 4.78 is 28.8. The molecule has 4 heteroatoms. The molecule has 2 aromatic carbocycles. The minimum atomic E-state index is -3.49. The van der Waals surface area contributed by atoms with E-state index in [-0.39, 0.29) is 6.04 Å². The van der Waals surface area contributed by atoms with E-state index >= 15 is 0 Å². The summed E-state index contributed by atoms with van der Waals surface area (Å²) in [6, 6.07) is 17.7. The molecule has 0 spiro atoms. The fourth-order valence-electron chi connectivity index (χ4n) is 4.68. The van der Waals surface area contributed by atoms with E-state index in [0.717, 1.165) is 24.8 Å². The molecule has 148 valence electrons. The molecule has 0 bridgehead atoms. The first-order chi connectivity index (χ1) is 13.6. The molecule has 0 N–H and O–H groups in total. The maximum absolute atomic E-state index is 13.5. The Bertz CT molecular complexity index is 926. The summed E-state index contributed by atoms with van der Waals surface area (Å²) in [5.41, 5.74) is 3.58. The van der Waals surface area contributed by atoms with Crippen molar-refractivity contribution in [1.82, 2.24) is 4.31 Å². The summed E-state index contributed by atoms with van der Waals surface area (Å²) in [7, 11) is -3.49. The van der Waals surface area contributed by atoms with Crippen LogP contribution in [0, 0.1) is 12.8 Å². The Balaban J connectivity index is 1.69. The van der Waals surface area contributed by atoms with Crippen molar-refractivity contribution < 1.29 is 8.42 Å². The van der Waals surface area contributed by atoms with Crippen molar-refractivity contribution in [3.63, 3.8) is 0 Å². The van der Waals surface area contributed by atoms with Crippen LogP contribution in [0.25, 0.3) is 5.57 Å². The van der Waals surface area contributed by atoms with Crippen LogP contribution in [-0.4, -0.2) is 25.3 Å². The number of rotatable bonds is 4. The zero-order valence-corrected chi connectivity index (χ0v) is 17.4. The molecule has 2 aromatic rings. The molecule has 3 nitrogen and oxygen atoms in total. The first-order valence-corrected chi connectivity index (χ1v) is 11.8. The maximum Gasteiger partial charge on any atom is 0.243 e. The van der Waals surface area contributed by atoms with Crippen LogP contribution in [0.1, 0.15) is 49.7 Å². The number of benzene rings is 2. The number of hydrogen-bond acceptors (Lipinski definition) is 2. The maximum atomic E-state index is 13.5. The van der Waals surface area contributed by atoms with E-state index in [1.165, 1.54) is 30.4 Å². The molecule has 1 aliphatic heterocycles. The zero-order valence-electron chi connectivity index (χ0n) is 16.5. The van der Waals surface area contributed by atoms with Crippen LogP contribution in [0.4, 0.5) is 0 Å². The van der Waals surface area contributed by atoms with Crippen molar-refractivity contribution in [3.05, 3.63) is 71.8 Å². The van der Waals surface area contributed by atoms with Gasteiger partial charge in [0.2, 0.25) is 10.0 Å². The van der Waals surface area contributed by atoms with Crippen LogP contribution in [0.3, 0.4) is 0 Å². The second kappa shape index (κ2) is 8.22. The quantitative estimate of drug-likeness (QED) is 0.693. The highest BCUT2D eigenvalue weighted by atomic mass is 32.2. The second-order valence-electron chi connectivity index (χ2n) is 8.15. The van der Waals surface area contributed by atoms with E-state index in [2.05, 4.69) is 30.3 Å². The van der Waals surface area contributed by atoms with Crippen molar-refractivity contribution in [2.24, 2.45) is 5.92 Å². The second-order valence-corrected chi connectivity index (χ2v) is 10.0. The summed E-state index contributed by atoms with van der Waals surface area (Å²) in [6.45, 7) is 2.44. The Hall–Kier alpha value is -1.91. The molecular weight excluding hydrogens is 366 g/mol. The van der Waals surface area contributed by atoms with Crippen molar-refractivity contribution in [1.29, 1.82) is 0 Å². The first-order valence-electron chi connectivity index (χ1n) is 10.4. The molecule has 1 aliphatic carbocycles. The molecule has 4 rings (SSSR count). The van der Waals surface area contributed by atoms with Crippen molar-refractivity contribution >= 4 is 15.6 Å². The molecule has 0 radical (unpaired) electrons. The van der Waals surface area contributed by atoms with Crippen molar-refractivity contribution in [2.45, 2.75) is 56.4 Å². The highest BCUT2D eigenvalue weighted by Gasteiger charge is 2.38. The summed E-state index contributed by atoms with van der Waals surface area (Å²) >= 11 is 0. The van der Waals surface area contributed by atoms with Crippen molar-refractivity contribution in [2.75, 3.05) is 6.54 Å². The van der Waals surface area contributed by atoms with E-state index in [1.54, 1.807) is 16.4 Å². The molecule has 1 atom stereocenters. The van der Waals surface area contributed by atoms with Crippen LogP contribution in [-0.2, 0) is 10.0 Å². The Morgan fingerprint density at radius 2 is 1.57 bits per heavy atom. The number of sulfonamides is 1.